The summed E-state index contributed by atoms with van der Waals surface area (Å²) in [6.07, 6.45) is 3.32. The number of hydrogen-bond acceptors (Lipinski definition) is 2. The van der Waals surface area contributed by atoms with Crippen LogP contribution in [0.5, 0.6) is 0 Å². The fraction of sp³-hybridized carbons (Fsp3) is 0.909. The normalized spacial score (nSPS) is 18.7. The number of nitrogens with one attached hydrogen (secondary N) is 2. The van der Waals surface area contributed by atoms with Gasteiger partial charge in [0.05, 0.1) is 13.2 Å². The Balaban J connectivity index is 2.36. The third-order valence-electron chi connectivity index (χ3n) is 2.75. The number of hydrogen-bond donors (Lipinski definition) is 3. The van der Waals surface area contributed by atoms with Gasteiger partial charge in [0.2, 0.25) is 0 Å². The van der Waals surface area contributed by atoms with Crippen LogP contribution < -0.4 is 10.6 Å². The van der Waals surface area contributed by atoms with Crippen molar-refractivity contribution in [2.24, 2.45) is 10.4 Å². The largest absolute Gasteiger partial charge is 0.396 e. The molecule has 0 unspecified atom stereocenters. The molecule has 0 aromatic carbocycles. The lowest BCUT2D eigenvalue weighted by atomic mass is 10.1. The fourth-order valence-corrected chi connectivity index (χ4v) is 1.37. The van der Waals surface area contributed by atoms with Gasteiger partial charge < -0.3 is 15.7 Å². The van der Waals surface area contributed by atoms with Gasteiger partial charge >= 0.3 is 0 Å². The second-order valence-electron chi connectivity index (χ2n) is 4.28. The molecule has 88 valence electrons. The van der Waals surface area contributed by atoms with Crippen LogP contribution in [0.1, 0.15) is 33.1 Å². The number of aliphatic imine (C=N–C) groups is 1. The molecule has 0 amide bonds. The molecule has 0 aromatic heterocycles. The summed E-state index contributed by atoms with van der Waals surface area (Å²) in [4.78, 5) is 4.49. The van der Waals surface area contributed by atoms with Crippen LogP contribution in [0.3, 0.4) is 0 Å². The molecule has 1 aliphatic carbocycles. The van der Waals surface area contributed by atoms with E-state index in [2.05, 4.69) is 29.5 Å². The summed E-state index contributed by atoms with van der Waals surface area (Å²) < 4.78 is 0. The molecule has 1 saturated carbocycles. The van der Waals surface area contributed by atoms with E-state index in [1.54, 1.807) is 0 Å². The molecule has 0 bridgehead atoms. The van der Waals surface area contributed by atoms with Crippen LogP contribution >= 0.6 is 0 Å². The number of aliphatic hydroxyl groups is 1. The minimum absolute atomic E-state index is 0.106. The maximum atomic E-state index is 9.17. The van der Waals surface area contributed by atoms with Crippen molar-refractivity contribution in [2.45, 2.75) is 33.1 Å². The van der Waals surface area contributed by atoms with Crippen LogP contribution in [0.4, 0.5) is 0 Å². The Morgan fingerprint density at radius 3 is 2.53 bits per heavy atom. The summed E-state index contributed by atoms with van der Waals surface area (Å²) in [5.41, 5.74) is 0.106. The van der Waals surface area contributed by atoms with E-state index < -0.39 is 0 Å². The van der Waals surface area contributed by atoms with Crippen molar-refractivity contribution < 1.29 is 5.11 Å². The van der Waals surface area contributed by atoms with Crippen LogP contribution in [0.15, 0.2) is 4.99 Å². The molecule has 15 heavy (non-hydrogen) atoms. The van der Waals surface area contributed by atoms with Crippen molar-refractivity contribution in [3.05, 3.63) is 0 Å². The molecule has 0 aromatic rings. The molecule has 1 rings (SSSR count). The van der Waals surface area contributed by atoms with Crippen LogP contribution in [0.2, 0.25) is 0 Å². The average molecular weight is 213 g/mol. The van der Waals surface area contributed by atoms with Crippen LogP contribution in [0, 0.1) is 5.41 Å². The number of nitrogens with zero attached hydrogens (tertiary/aromatic N) is 1. The van der Waals surface area contributed by atoms with E-state index in [1.807, 2.05) is 0 Å². The Kier molecular flexibility index (Phi) is 4.88. The molecular formula is C11H23N3O. The smallest absolute Gasteiger partial charge is 0.191 e. The molecule has 0 aliphatic heterocycles. The minimum atomic E-state index is 0.106. The van der Waals surface area contributed by atoms with Gasteiger partial charge in [-0.3, -0.25) is 4.99 Å². The monoisotopic (exact) mass is 213 g/mol. The fourth-order valence-electron chi connectivity index (χ4n) is 1.37. The molecule has 0 spiro atoms. The molecule has 0 saturated heterocycles. The first-order chi connectivity index (χ1) is 7.26. The van der Waals surface area contributed by atoms with Gasteiger partial charge in [0.15, 0.2) is 5.96 Å². The van der Waals surface area contributed by atoms with E-state index in [-0.39, 0.29) is 12.0 Å². The highest BCUT2D eigenvalue weighted by molar-refractivity contribution is 5.79. The lowest BCUT2D eigenvalue weighted by Crippen LogP contribution is -2.38. The first kappa shape index (κ1) is 12.3. The lowest BCUT2D eigenvalue weighted by Gasteiger charge is -2.12. The number of guanidine groups is 1. The Labute approximate surface area is 92.2 Å². The van der Waals surface area contributed by atoms with E-state index in [0.29, 0.717) is 0 Å². The van der Waals surface area contributed by atoms with Gasteiger partial charge in [-0.05, 0) is 26.2 Å². The minimum Gasteiger partial charge on any atom is -0.396 e. The Bertz CT molecular complexity index is 212. The maximum Gasteiger partial charge on any atom is 0.191 e. The SMILES string of the molecule is CCCNC(=NCC1(CO)CC1)NCC. The van der Waals surface area contributed by atoms with Gasteiger partial charge in [-0.25, -0.2) is 0 Å². The summed E-state index contributed by atoms with van der Waals surface area (Å²) in [5, 5.41) is 15.6. The van der Waals surface area contributed by atoms with Gasteiger partial charge in [0.25, 0.3) is 0 Å². The molecule has 0 atom stereocenters. The molecule has 4 heteroatoms. The zero-order valence-corrected chi connectivity index (χ0v) is 9.84. The van der Waals surface area contributed by atoms with Gasteiger partial charge in [0.1, 0.15) is 0 Å². The standard InChI is InChI=1S/C11H23N3O/c1-3-7-13-10(12-4-2)14-8-11(9-15)5-6-11/h15H,3-9H2,1-2H3,(H2,12,13,14). The van der Waals surface area contributed by atoms with Crippen molar-refractivity contribution >= 4 is 5.96 Å². The van der Waals surface area contributed by atoms with Crippen LogP contribution in [-0.4, -0.2) is 37.3 Å². The average Bonchev–Trinajstić information content (AvgIpc) is 3.03. The van der Waals surface area contributed by atoms with E-state index in [0.717, 1.165) is 44.9 Å². The second-order valence-corrected chi connectivity index (χ2v) is 4.28. The number of aliphatic hydroxyl groups excluding tert-OH is 1. The molecular weight excluding hydrogens is 190 g/mol. The zero-order chi connectivity index (χ0) is 11.1. The van der Waals surface area contributed by atoms with E-state index in [4.69, 9.17) is 5.11 Å². The zero-order valence-electron chi connectivity index (χ0n) is 9.84. The van der Waals surface area contributed by atoms with Gasteiger partial charge in [-0.2, -0.15) is 0 Å². The highest BCUT2D eigenvalue weighted by Crippen LogP contribution is 2.45. The predicted molar refractivity (Wildman–Crippen MR) is 63.0 cm³/mol. The highest BCUT2D eigenvalue weighted by Gasteiger charge is 2.41. The molecule has 0 radical (unpaired) electrons. The predicted octanol–water partition coefficient (Wildman–Crippen LogP) is 0.724. The van der Waals surface area contributed by atoms with Crippen LogP contribution in [0.25, 0.3) is 0 Å². The summed E-state index contributed by atoms with van der Waals surface area (Å²) in [5.74, 6) is 0.874. The van der Waals surface area contributed by atoms with Crippen molar-refractivity contribution in [2.75, 3.05) is 26.2 Å². The van der Waals surface area contributed by atoms with Crippen molar-refractivity contribution in [1.29, 1.82) is 0 Å². The van der Waals surface area contributed by atoms with Gasteiger partial charge in [-0.1, -0.05) is 6.92 Å². The summed E-state index contributed by atoms with van der Waals surface area (Å²) in [6, 6.07) is 0. The quantitative estimate of drug-likeness (QED) is 0.450. The Morgan fingerprint density at radius 2 is 2.07 bits per heavy atom. The first-order valence-electron chi connectivity index (χ1n) is 5.89. The van der Waals surface area contributed by atoms with Gasteiger partial charge in [-0.15, -0.1) is 0 Å². The van der Waals surface area contributed by atoms with E-state index >= 15 is 0 Å². The molecule has 3 N–H and O–H groups in total. The van der Waals surface area contributed by atoms with Crippen molar-refractivity contribution in [1.82, 2.24) is 10.6 Å². The van der Waals surface area contributed by atoms with Crippen molar-refractivity contribution in [3.8, 4) is 0 Å². The van der Waals surface area contributed by atoms with Crippen molar-refractivity contribution in [3.63, 3.8) is 0 Å². The molecule has 1 fully saturated rings. The molecule has 4 nitrogen and oxygen atoms in total. The topological polar surface area (TPSA) is 56.7 Å². The van der Waals surface area contributed by atoms with Gasteiger partial charge in [0, 0.05) is 18.5 Å². The summed E-state index contributed by atoms with van der Waals surface area (Å²) >= 11 is 0. The third kappa shape index (κ3) is 4.08. The molecule has 0 heterocycles. The Morgan fingerprint density at radius 1 is 1.33 bits per heavy atom. The Hall–Kier alpha value is -0.770. The number of rotatable bonds is 6. The third-order valence-corrected chi connectivity index (χ3v) is 2.75. The highest BCUT2D eigenvalue weighted by atomic mass is 16.3. The first-order valence-corrected chi connectivity index (χ1v) is 5.89. The lowest BCUT2D eigenvalue weighted by molar-refractivity contribution is 0.217. The summed E-state index contributed by atoms with van der Waals surface area (Å²) in [7, 11) is 0. The van der Waals surface area contributed by atoms with Crippen LogP contribution in [-0.2, 0) is 0 Å². The second kappa shape index (κ2) is 5.95. The molecule has 1 aliphatic rings. The summed E-state index contributed by atoms with van der Waals surface area (Å²) in [6.45, 7) is 7.01. The van der Waals surface area contributed by atoms with E-state index in [1.165, 1.54) is 0 Å². The van der Waals surface area contributed by atoms with E-state index in [9.17, 15) is 0 Å². The maximum absolute atomic E-state index is 9.17.